The summed E-state index contributed by atoms with van der Waals surface area (Å²) in [5, 5.41) is 0. The van der Waals surface area contributed by atoms with E-state index in [0.717, 1.165) is 34.2 Å². The third kappa shape index (κ3) is 2.84. The first kappa shape index (κ1) is 16.3. The monoisotopic (exact) mass is 346 g/mol. The zero-order valence-corrected chi connectivity index (χ0v) is 14.6. The number of rotatable bonds is 3. The Labute approximate surface area is 151 Å². The SMILES string of the molecule is CC(=O)Oc1ccc2c(c1)C(c1ccc(OC(C)=O)c3c1C=CC3)C=C2. The molecule has 2 aromatic carbocycles. The van der Waals surface area contributed by atoms with Crippen molar-refractivity contribution in [2.24, 2.45) is 0 Å². The summed E-state index contributed by atoms with van der Waals surface area (Å²) in [7, 11) is 0. The maximum absolute atomic E-state index is 11.3. The number of fused-ring (bicyclic) bond motifs is 2. The van der Waals surface area contributed by atoms with Crippen molar-refractivity contribution < 1.29 is 19.1 Å². The van der Waals surface area contributed by atoms with Crippen LogP contribution in [0.5, 0.6) is 11.5 Å². The van der Waals surface area contributed by atoms with Crippen LogP contribution in [0.3, 0.4) is 0 Å². The van der Waals surface area contributed by atoms with E-state index in [4.69, 9.17) is 9.47 Å². The Bertz CT molecular complexity index is 982. The predicted molar refractivity (Wildman–Crippen MR) is 99.1 cm³/mol. The van der Waals surface area contributed by atoms with Crippen LogP contribution in [0.4, 0.5) is 0 Å². The average Bonchev–Trinajstić information content (AvgIpc) is 3.21. The average molecular weight is 346 g/mol. The summed E-state index contributed by atoms with van der Waals surface area (Å²) in [6.07, 6.45) is 9.15. The molecule has 4 rings (SSSR count). The van der Waals surface area contributed by atoms with Crippen LogP contribution in [0.15, 0.2) is 42.5 Å². The van der Waals surface area contributed by atoms with Crippen LogP contribution in [0, 0.1) is 0 Å². The van der Waals surface area contributed by atoms with Gasteiger partial charge < -0.3 is 9.47 Å². The summed E-state index contributed by atoms with van der Waals surface area (Å²) >= 11 is 0. The van der Waals surface area contributed by atoms with Gasteiger partial charge >= 0.3 is 11.9 Å². The van der Waals surface area contributed by atoms with Gasteiger partial charge in [-0.3, -0.25) is 9.59 Å². The molecule has 1 atom stereocenters. The highest BCUT2D eigenvalue weighted by Crippen LogP contribution is 2.42. The van der Waals surface area contributed by atoms with Crippen LogP contribution in [-0.4, -0.2) is 11.9 Å². The van der Waals surface area contributed by atoms with Gasteiger partial charge in [0.15, 0.2) is 0 Å². The molecule has 0 radical (unpaired) electrons. The van der Waals surface area contributed by atoms with E-state index >= 15 is 0 Å². The minimum absolute atomic E-state index is 0.0726. The van der Waals surface area contributed by atoms with Crippen molar-refractivity contribution in [1.29, 1.82) is 0 Å². The molecule has 0 aliphatic heterocycles. The second kappa shape index (κ2) is 6.30. The van der Waals surface area contributed by atoms with Gasteiger partial charge in [0.1, 0.15) is 11.5 Å². The lowest BCUT2D eigenvalue weighted by Gasteiger charge is -2.18. The number of esters is 2. The molecule has 0 saturated carbocycles. The molecule has 0 heterocycles. The molecular weight excluding hydrogens is 328 g/mol. The van der Waals surface area contributed by atoms with Crippen molar-refractivity contribution in [3.8, 4) is 11.5 Å². The lowest BCUT2D eigenvalue weighted by atomic mass is 9.88. The zero-order chi connectivity index (χ0) is 18.3. The van der Waals surface area contributed by atoms with Crippen molar-refractivity contribution in [2.45, 2.75) is 26.2 Å². The van der Waals surface area contributed by atoms with Gasteiger partial charge in [-0.2, -0.15) is 0 Å². The largest absolute Gasteiger partial charge is 0.427 e. The van der Waals surface area contributed by atoms with E-state index in [1.54, 1.807) is 6.07 Å². The van der Waals surface area contributed by atoms with Gasteiger partial charge in [0.25, 0.3) is 0 Å². The number of carbonyl (C=O) groups is 2. The fraction of sp³-hybridized carbons (Fsp3) is 0.182. The summed E-state index contributed by atoms with van der Waals surface area (Å²) in [6, 6.07) is 9.57. The van der Waals surface area contributed by atoms with Crippen molar-refractivity contribution in [1.82, 2.24) is 0 Å². The third-order valence-electron chi connectivity index (χ3n) is 4.67. The van der Waals surface area contributed by atoms with E-state index in [2.05, 4.69) is 24.3 Å². The maximum atomic E-state index is 11.3. The standard InChI is InChI=1S/C22H18O4/c1-13(23)25-16-8-6-15-7-9-19(21(15)12-16)18-10-11-22(26-14(2)24)20-5-3-4-17(18)20/h3-4,6-12,19H,5H2,1-2H3. The normalized spacial score (nSPS) is 16.3. The fourth-order valence-corrected chi connectivity index (χ4v) is 3.66. The topological polar surface area (TPSA) is 52.6 Å². The number of allylic oxidation sites excluding steroid dienone is 2. The van der Waals surface area contributed by atoms with Crippen LogP contribution < -0.4 is 9.47 Å². The van der Waals surface area contributed by atoms with Crippen molar-refractivity contribution in [3.05, 3.63) is 70.3 Å². The quantitative estimate of drug-likeness (QED) is 0.615. The Balaban J connectivity index is 1.76. The first-order valence-electron chi connectivity index (χ1n) is 8.54. The molecule has 0 N–H and O–H groups in total. The van der Waals surface area contributed by atoms with Gasteiger partial charge in [-0.15, -0.1) is 0 Å². The molecule has 0 saturated heterocycles. The summed E-state index contributed by atoms with van der Waals surface area (Å²) in [5.41, 5.74) is 5.51. The number of hydrogen-bond donors (Lipinski definition) is 0. The number of ether oxygens (including phenoxy) is 2. The molecule has 4 heteroatoms. The third-order valence-corrected chi connectivity index (χ3v) is 4.67. The van der Waals surface area contributed by atoms with Crippen molar-refractivity contribution >= 4 is 24.1 Å². The molecule has 4 nitrogen and oxygen atoms in total. The first-order valence-corrected chi connectivity index (χ1v) is 8.54. The molecule has 26 heavy (non-hydrogen) atoms. The molecule has 1 unspecified atom stereocenters. The van der Waals surface area contributed by atoms with Gasteiger partial charge in [0, 0.05) is 25.3 Å². The molecule has 0 fully saturated rings. The van der Waals surface area contributed by atoms with Crippen LogP contribution in [0.2, 0.25) is 0 Å². The van der Waals surface area contributed by atoms with E-state index in [1.165, 1.54) is 13.8 Å². The molecule has 0 aromatic heterocycles. The van der Waals surface area contributed by atoms with Gasteiger partial charge in [0.2, 0.25) is 0 Å². The van der Waals surface area contributed by atoms with Gasteiger partial charge in [0.05, 0.1) is 0 Å². The van der Waals surface area contributed by atoms with E-state index in [1.807, 2.05) is 24.3 Å². The van der Waals surface area contributed by atoms with Crippen molar-refractivity contribution in [3.63, 3.8) is 0 Å². The van der Waals surface area contributed by atoms with Gasteiger partial charge in [-0.25, -0.2) is 0 Å². The maximum Gasteiger partial charge on any atom is 0.308 e. The van der Waals surface area contributed by atoms with Gasteiger partial charge in [-0.05, 0) is 46.9 Å². The molecule has 0 spiro atoms. The predicted octanol–water partition coefficient (Wildman–Crippen LogP) is 4.27. The number of benzene rings is 2. The zero-order valence-electron chi connectivity index (χ0n) is 14.6. The molecule has 2 aromatic rings. The second-order valence-electron chi connectivity index (χ2n) is 6.47. The minimum Gasteiger partial charge on any atom is -0.427 e. The lowest BCUT2D eigenvalue weighted by molar-refractivity contribution is -0.132. The minimum atomic E-state index is -0.331. The lowest BCUT2D eigenvalue weighted by Crippen LogP contribution is -2.07. The molecule has 2 aliphatic carbocycles. The van der Waals surface area contributed by atoms with Crippen LogP contribution in [-0.2, 0) is 16.0 Å². The molecule has 2 aliphatic rings. The smallest absolute Gasteiger partial charge is 0.308 e. The Morgan fingerprint density at radius 3 is 2.54 bits per heavy atom. The highest BCUT2D eigenvalue weighted by Gasteiger charge is 2.25. The molecule has 0 amide bonds. The van der Waals surface area contributed by atoms with Crippen LogP contribution in [0.1, 0.15) is 47.6 Å². The first-order chi connectivity index (χ1) is 12.5. The number of hydrogen-bond acceptors (Lipinski definition) is 4. The molecule has 130 valence electrons. The highest BCUT2D eigenvalue weighted by molar-refractivity contribution is 5.76. The Hall–Kier alpha value is -3.14. The summed E-state index contributed by atoms with van der Waals surface area (Å²) in [5.74, 6) is 0.597. The number of carbonyl (C=O) groups excluding carboxylic acids is 2. The highest BCUT2D eigenvalue weighted by atomic mass is 16.5. The van der Waals surface area contributed by atoms with Crippen LogP contribution in [0.25, 0.3) is 12.2 Å². The Kier molecular flexibility index (Phi) is 3.96. The van der Waals surface area contributed by atoms with E-state index in [-0.39, 0.29) is 17.9 Å². The fourth-order valence-electron chi connectivity index (χ4n) is 3.66. The summed E-state index contributed by atoms with van der Waals surface area (Å²) in [4.78, 5) is 22.6. The van der Waals surface area contributed by atoms with E-state index in [9.17, 15) is 9.59 Å². The van der Waals surface area contributed by atoms with Crippen molar-refractivity contribution in [2.75, 3.05) is 0 Å². The summed E-state index contributed by atoms with van der Waals surface area (Å²) < 4.78 is 10.6. The summed E-state index contributed by atoms with van der Waals surface area (Å²) in [6.45, 7) is 2.81. The Morgan fingerprint density at radius 2 is 1.77 bits per heavy atom. The van der Waals surface area contributed by atoms with Crippen LogP contribution >= 0.6 is 0 Å². The van der Waals surface area contributed by atoms with Gasteiger partial charge in [-0.1, -0.05) is 36.4 Å². The second-order valence-corrected chi connectivity index (χ2v) is 6.47. The Morgan fingerprint density at radius 1 is 0.962 bits per heavy atom. The van der Waals surface area contributed by atoms with E-state index < -0.39 is 0 Å². The molecule has 0 bridgehead atoms. The van der Waals surface area contributed by atoms with E-state index in [0.29, 0.717) is 11.5 Å². The molecular formula is C22H18O4.